The van der Waals surface area contributed by atoms with E-state index in [1.165, 1.54) is 20.3 Å². The number of amides is 1. The van der Waals surface area contributed by atoms with Gasteiger partial charge in [-0.3, -0.25) is 9.69 Å². The van der Waals surface area contributed by atoms with Crippen LogP contribution in [0.3, 0.4) is 0 Å². The Morgan fingerprint density at radius 3 is 2.40 bits per heavy atom. The van der Waals surface area contributed by atoms with Crippen LogP contribution in [0.5, 0.6) is 5.75 Å². The predicted molar refractivity (Wildman–Crippen MR) is 99.2 cm³/mol. The molecule has 1 aliphatic heterocycles. The Morgan fingerprint density at radius 1 is 1.24 bits per heavy atom. The number of halogens is 3. The van der Waals surface area contributed by atoms with E-state index in [1.807, 2.05) is 6.07 Å². The lowest BCUT2D eigenvalue weighted by atomic mass is 10.1. The predicted octanol–water partition coefficient (Wildman–Crippen LogP) is 1.30. The van der Waals surface area contributed by atoms with Crippen LogP contribution in [0.25, 0.3) is 0 Å². The Balaban J connectivity index is 0.00000288. The SMILES string of the molecule is COCC(N)C(=O)N1CCN(Cc2ccc(OC)c(F)c2)CC1.Cl.Cl. The summed E-state index contributed by atoms with van der Waals surface area (Å²) in [6.07, 6.45) is 0. The molecule has 6 nitrogen and oxygen atoms in total. The number of carbonyl (C=O) groups excluding carboxylic acids is 1. The fourth-order valence-corrected chi connectivity index (χ4v) is 2.68. The van der Waals surface area contributed by atoms with E-state index in [4.69, 9.17) is 15.2 Å². The second-order valence-electron chi connectivity index (χ2n) is 5.63. The minimum absolute atomic E-state index is 0. The van der Waals surface area contributed by atoms with Gasteiger partial charge >= 0.3 is 0 Å². The summed E-state index contributed by atoms with van der Waals surface area (Å²) in [4.78, 5) is 16.1. The number of ether oxygens (including phenoxy) is 2. The van der Waals surface area contributed by atoms with E-state index < -0.39 is 6.04 Å². The first-order valence-electron chi connectivity index (χ1n) is 7.63. The van der Waals surface area contributed by atoms with Gasteiger partial charge in [0.1, 0.15) is 6.04 Å². The van der Waals surface area contributed by atoms with Crippen LogP contribution in [0.15, 0.2) is 18.2 Å². The molecule has 1 fully saturated rings. The summed E-state index contributed by atoms with van der Waals surface area (Å²) >= 11 is 0. The molecule has 1 aromatic carbocycles. The first kappa shape index (κ1) is 23.9. The quantitative estimate of drug-likeness (QED) is 0.783. The Kier molecular flexibility index (Phi) is 11.0. The molecule has 0 saturated carbocycles. The minimum atomic E-state index is -0.609. The summed E-state index contributed by atoms with van der Waals surface area (Å²) in [5.41, 5.74) is 6.67. The smallest absolute Gasteiger partial charge is 0.241 e. The van der Waals surface area contributed by atoms with E-state index in [0.29, 0.717) is 19.6 Å². The van der Waals surface area contributed by atoms with Crippen molar-refractivity contribution < 1.29 is 18.7 Å². The first-order valence-corrected chi connectivity index (χ1v) is 7.63. The molecule has 0 aromatic heterocycles. The van der Waals surface area contributed by atoms with Gasteiger partial charge in [-0.05, 0) is 17.7 Å². The van der Waals surface area contributed by atoms with Crippen molar-refractivity contribution in [3.8, 4) is 5.75 Å². The molecule has 9 heteroatoms. The van der Waals surface area contributed by atoms with Crippen LogP contribution in [-0.4, -0.2) is 68.8 Å². The van der Waals surface area contributed by atoms with Gasteiger partial charge in [-0.25, -0.2) is 4.39 Å². The van der Waals surface area contributed by atoms with Gasteiger partial charge < -0.3 is 20.1 Å². The third-order valence-electron chi connectivity index (χ3n) is 3.97. The number of hydrogen-bond donors (Lipinski definition) is 1. The summed E-state index contributed by atoms with van der Waals surface area (Å²) in [5, 5.41) is 0. The van der Waals surface area contributed by atoms with E-state index in [-0.39, 0.29) is 48.9 Å². The standard InChI is InChI=1S/C16H24FN3O3.2ClH/c1-22-11-14(18)16(21)20-7-5-19(6-8-20)10-12-3-4-15(23-2)13(17)9-12;;/h3-4,9,14H,5-8,10-11,18H2,1-2H3;2*1H. The molecule has 1 heterocycles. The zero-order valence-electron chi connectivity index (χ0n) is 14.4. The normalized spacial score (nSPS) is 15.8. The second-order valence-corrected chi connectivity index (χ2v) is 5.63. The summed E-state index contributed by atoms with van der Waals surface area (Å²) in [6.45, 7) is 3.58. The Hall–Kier alpha value is -1.12. The molecular weight excluding hydrogens is 372 g/mol. The topological polar surface area (TPSA) is 68.0 Å². The van der Waals surface area contributed by atoms with E-state index in [9.17, 15) is 9.18 Å². The second kappa shape index (κ2) is 11.5. The molecule has 0 aliphatic carbocycles. The lowest BCUT2D eigenvalue weighted by Gasteiger charge is -2.35. The molecule has 25 heavy (non-hydrogen) atoms. The molecule has 2 rings (SSSR count). The van der Waals surface area contributed by atoms with Crippen molar-refractivity contribution in [2.24, 2.45) is 5.73 Å². The number of piperazine rings is 1. The van der Waals surface area contributed by atoms with Crippen molar-refractivity contribution in [3.05, 3.63) is 29.6 Å². The highest BCUT2D eigenvalue weighted by Gasteiger charge is 2.25. The van der Waals surface area contributed by atoms with Gasteiger partial charge in [-0.2, -0.15) is 0 Å². The molecular formula is C16H26Cl2FN3O3. The lowest BCUT2D eigenvalue weighted by molar-refractivity contribution is -0.135. The maximum Gasteiger partial charge on any atom is 0.241 e. The number of methoxy groups -OCH3 is 2. The van der Waals surface area contributed by atoms with Crippen LogP contribution in [-0.2, 0) is 16.1 Å². The first-order chi connectivity index (χ1) is 11.0. The Bertz CT molecular complexity index is 543. The molecule has 1 unspecified atom stereocenters. The zero-order valence-corrected chi connectivity index (χ0v) is 16.1. The van der Waals surface area contributed by atoms with Crippen LogP contribution < -0.4 is 10.5 Å². The van der Waals surface area contributed by atoms with E-state index in [2.05, 4.69) is 4.90 Å². The van der Waals surface area contributed by atoms with Gasteiger partial charge in [0.2, 0.25) is 5.91 Å². The van der Waals surface area contributed by atoms with E-state index in [0.717, 1.165) is 18.7 Å². The molecule has 1 saturated heterocycles. The number of carbonyl (C=O) groups is 1. The van der Waals surface area contributed by atoms with Crippen LogP contribution in [0.2, 0.25) is 0 Å². The van der Waals surface area contributed by atoms with Crippen molar-refractivity contribution in [1.29, 1.82) is 0 Å². The minimum Gasteiger partial charge on any atom is -0.494 e. The number of nitrogens with two attached hydrogens (primary N) is 1. The summed E-state index contributed by atoms with van der Waals surface area (Å²) < 4.78 is 23.5. The van der Waals surface area contributed by atoms with Crippen LogP contribution in [0.4, 0.5) is 4.39 Å². The van der Waals surface area contributed by atoms with E-state index in [1.54, 1.807) is 11.0 Å². The number of rotatable bonds is 6. The molecule has 1 aliphatic rings. The average Bonchev–Trinajstić information content (AvgIpc) is 2.55. The molecule has 0 radical (unpaired) electrons. The lowest BCUT2D eigenvalue weighted by Crippen LogP contribution is -2.53. The number of nitrogens with zero attached hydrogens (tertiary/aromatic N) is 2. The number of hydrogen-bond acceptors (Lipinski definition) is 5. The average molecular weight is 398 g/mol. The van der Waals surface area contributed by atoms with Crippen LogP contribution in [0, 0.1) is 5.82 Å². The largest absolute Gasteiger partial charge is 0.494 e. The molecule has 0 spiro atoms. The van der Waals surface area contributed by atoms with Gasteiger partial charge in [0, 0.05) is 39.8 Å². The Morgan fingerprint density at radius 2 is 1.88 bits per heavy atom. The highest BCUT2D eigenvalue weighted by molar-refractivity contribution is 5.85. The maximum absolute atomic E-state index is 13.7. The summed E-state index contributed by atoms with van der Waals surface area (Å²) in [6, 6.07) is 4.37. The fraction of sp³-hybridized carbons (Fsp3) is 0.562. The van der Waals surface area contributed by atoms with E-state index >= 15 is 0 Å². The van der Waals surface area contributed by atoms with Gasteiger partial charge in [-0.1, -0.05) is 6.07 Å². The van der Waals surface area contributed by atoms with Gasteiger partial charge in [0.25, 0.3) is 0 Å². The summed E-state index contributed by atoms with van der Waals surface area (Å²) in [7, 11) is 2.97. The molecule has 2 N–H and O–H groups in total. The van der Waals surface area contributed by atoms with Crippen LogP contribution >= 0.6 is 24.8 Å². The van der Waals surface area contributed by atoms with Crippen molar-refractivity contribution in [3.63, 3.8) is 0 Å². The van der Waals surface area contributed by atoms with Crippen molar-refractivity contribution in [2.45, 2.75) is 12.6 Å². The highest BCUT2D eigenvalue weighted by atomic mass is 35.5. The molecule has 1 amide bonds. The van der Waals surface area contributed by atoms with Gasteiger partial charge in [-0.15, -0.1) is 24.8 Å². The molecule has 1 aromatic rings. The monoisotopic (exact) mass is 397 g/mol. The van der Waals surface area contributed by atoms with Crippen molar-refractivity contribution in [2.75, 3.05) is 47.0 Å². The third kappa shape index (κ3) is 6.60. The molecule has 0 bridgehead atoms. The van der Waals surface area contributed by atoms with Crippen molar-refractivity contribution >= 4 is 30.7 Å². The third-order valence-corrected chi connectivity index (χ3v) is 3.97. The molecule has 144 valence electrons. The number of benzene rings is 1. The molecule has 1 atom stereocenters. The fourth-order valence-electron chi connectivity index (χ4n) is 2.68. The maximum atomic E-state index is 13.7. The van der Waals surface area contributed by atoms with Gasteiger partial charge in [0.15, 0.2) is 11.6 Å². The van der Waals surface area contributed by atoms with Crippen LogP contribution in [0.1, 0.15) is 5.56 Å². The highest BCUT2D eigenvalue weighted by Crippen LogP contribution is 2.19. The van der Waals surface area contributed by atoms with Gasteiger partial charge in [0.05, 0.1) is 13.7 Å². The van der Waals surface area contributed by atoms with Crippen molar-refractivity contribution in [1.82, 2.24) is 9.80 Å². The summed E-state index contributed by atoms with van der Waals surface area (Å²) in [5.74, 6) is -0.192. The zero-order chi connectivity index (χ0) is 16.8. The Labute approximate surface area is 160 Å².